The average Bonchev–Trinajstić information content (AvgIpc) is 3.82. The smallest absolute Gasteiger partial charge is 0.0998 e. The summed E-state index contributed by atoms with van der Waals surface area (Å²) in [4.78, 5) is 0. The minimum Gasteiger partial charge on any atom is -0.192 e. The van der Waals surface area contributed by atoms with Crippen LogP contribution in [0.4, 0.5) is 0 Å². The summed E-state index contributed by atoms with van der Waals surface area (Å²) >= 11 is 0. The van der Waals surface area contributed by atoms with Crippen molar-refractivity contribution in [1.82, 2.24) is 0 Å². The van der Waals surface area contributed by atoms with Gasteiger partial charge < -0.3 is 0 Å². The predicted octanol–water partition coefficient (Wildman–Crippen LogP) is 16.1. The largest absolute Gasteiger partial charge is 0.192 e. The molecule has 0 bridgehead atoms. The van der Waals surface area contributed by atoms with Crippen LogP contribution in [-0.2, 0) is 0 Å². The van der Waals surface area contributed by atoms with Crippen LogP contribution in [0, 0.1) is 22.7 Å². The van der Waals surface area contributed by atoms with Crippen molar-refractivity contribution in [3.8, 4) is 78.9 Å². The van der Waals surface area contributed by atoms with Gasteiger partial charge in [-0.15, -0.1) is 0 Å². The Bertz CT molecular complexity index is 4160. The van der Waals surface area contributed by atoms with Crippen LogP contribution in [0.15, 0.2) is 182 Å². The number of rotatable bonds is 2. The zero-order chi connectivity index (χ0) is 40.8. The van der Waals surface area contributed by atoms with Crippen LogP contribution in [0.2, 0.25) is 0 Å². The highest BCUT2D eigenvalue weighted by Gasteiger charge is 2.29. The van der Waals surface area contributed by atoms with E-state index in [1.54, 1.807) is 0 Å². The van der Waals surface area contributed by atoms with Gasteiger partial charge in [-0.2, -0.15) is 10.5 Å². The van der Waals surface area contributed by atoms with Gasteiger partial charge >= 0.3 is 0 Å². The van der Waals surface area contributed by atoms with E-state index in [1.807, 2.05) is 24.3 Å². The highest BCUT2D eigenvalue weighted by Crippen LogP contribution is 2.56. The molecule has 0 N–H and O–H groups in total. The van der Waals surface area contributed by atoms with Crippen molar-refractivity contribution in [2.45, 2.75) is 0 Å². The van der Waals surface area contributed by atoms with Gasteiger partial charge in [-0.25, -0.2) is 0 Å². The monoisotopic (exact) mass is 778 g/mol. The highest BCUT2D eigenvalue weighted by atomic mass is 14.3. The van der Waals surface area contributed by atoms with Gasteiger partial charge in [0.1, 0.15) is 0 Å². The molecule has 12 aromatic carbocycles. The number of hydrogen-bond donors (Lipinski definition) is 0. The molecule has 0 saturated heterocycles. The second-order valence-corrected chi connectivity index (χ2v) is 16.9. The maximum absolute atomic E-state index is 10.2. The third kappa shape index (κ3) is 4.20. The predicted molar refractivity (Wildman–Crippen MR) is 258 cm³/mol. The van der Waals surface area contributed by atoms with E-state index >= 15 is 0 Å². The standard InChI is InChI=1S/C60H30N2/c61-31-35-21-23-41(39-15-3-1-13-37(35)39)49-27-50-42(51-28-52-43-17-5-9-33-10-6-18-44(57(33)43)53(52)29-55(49)51)25-26-47-54(50)30-56-45-19-7-11-34-12-8-20-48(58(34)45)60(56)59(47)46-24-22-36(32-62)38-14-2-4-16-40(38)46/h1-30H. The molecule has 2 heteroatoms. The van der Waals surface area contributed by atoms with Gasteiger partial charge in [0.05, 0.1) is 23.3 Å². The van der Waals surface area contributed by atoms with E-state index in [0.29, 0.717) is 11.1 Å². The van der Waals surface area contributed by atoms with Crippen molar-refractivity contribution in [1.29, 1.82) is 10.5 Å². The summed E-state index contributed by atoms with van der Waals surface area (Å²) in [5.41, 5.74) is 15.9. The topological polar surface area (TPSA) is 47.6 Å². The molecule has 0 unspecified atom stereocenters. The molecule has 12 aromatic rings. The first-order chi connectivity index (χ1) is 30.7. The van der Waals surface area contributed by atoms with Crippen molar-refractivity contribution in [3.63, 3.8) is 0 Å². The SMILES string of the molecule is N#Cc1ccc(-c2cc3c4cc5c(c(-c6ccc(C#N)c7ccccc67)c4ccc3c3cc4c(cc23)-c2cccc3cccc-4c23)-c2cccc3cccc-5c23)c2ccccc12. The molecule has 0 amide bonds. The first-order valence-corrected chi connectivity index (χ1v) is 21.1. The van der Waals surface area contributed by atoms with Crippen molar-refractivity contribution in [2.75, 3.05) is 0 Å². The van der Waals surface area contributed by atoms with Gasteiger partial charge in [0.15, 0.2) is 0 Å². The number of benzene rings is 12. The molecular weight excluding hydrogens is 749 g/mol. The molecule has 280 valence electrons. The van der Waals surface area contributed by atoms with Crippen molar-refractivity contribution in [2.24, 2.45) is 0 Å². The van der Waals surface area contributed by atoms with Crippen LogP contribution >= 0.6 is 0 Å². The molecule has 0 fully saturated rings. The molecule has 0 radical (unpaired) electrons. The molecule has 0 spiro atoms. The van der Waals surface area contributed by atoms with Gasteiger partial charge in [-0.3, -0.25) is 0 Å². The lowest BCUT2D eigenvalue weighted by atomic mass is 9.82. The quantitative estimate of drug-likeness (QED) is 0.164. The summed E-state index contributed by atoms with van der Waals surface area (Å²) in [6.07, 6.45) is 0. The summed E-state index contributed by atoms with van der Waals surface area (Å²) in [5, 5.41) is 36.7. The van der Waals surface area contributed by atoms with Crippen molar-refractivity contribution in [3.05, 3.63) is 193 Å². The van der Waals surface area contributed by atoms with Crippen LogP contribution < -0.4 is 0 Å². The molecule has 0 atom stereocenters. The Hall–Kier alpha value is -8.56. The van der Waals surface area contributed by atoms with Gasteiger partial charge in [0.25, 0.3) is 0 Å². The summed E-state index contributed by atoms with van der Waals surface area (Å²) < 4.78 is 0. The number of nitriles is 2. The number of nitrogens with zero attached hydrogens (tertiary/aromatic N) is 2. The summed E-state index contributed by atoms with van der Waals surface area (Å²) in [6.45, 7) is 0. The van der Waals surface area contributed by atoms with Gasteiger partial charge in [-0.05, 0) is 168 Å². The van der Waals surface area contributed by atoms with Crippen LogP contribution in [0.3, 0.4) is 0 Å². The summed E-state index contributed by atoms with van der Waals surface area (Å²) in [6, 6.07) is 71.1. The van der Waals surface area contributed by atoms with E-state index in [0.717, 1.165) is 38.2 Å². The Morgan fingerprint density at radius 2 is 0.694 bits per heavy atom. The lowest BCUT2D eigenvalue weighted by molar-refractivity contribution is 1.50. The zero-order valence-electron chi connectivity index (χ0n) is 33.2. The Morgan fingerprint density at radius 3 is 1.32 bits per heavy atom. The molecule has 62 heavy (non-hydrogen) atoms. The first kappa shape index (κ1) is 33.3. The maximum atomic E-state index is 10.2. The third-order valence-corrected chi connectivity index (χ3v) is 14.0. The molecule has 2 aliphatic carbocycles. The Labute approximate surface area is 356 Å². The fourth-order valence-corrected chi connectivity index (χ4v) is 11.4. The van der Waals surface area contributed by atoms with Gasteiger partial charge in [0.2, 0.25) is 0 Å². The van der Waals surface area contributed by atoms with E-state index in [4.69, 9.17) is 0 Å². The van der Waals surface area contributed by atoms with Crippen LogP contribution in [-0.4, -0.2) is 0 Å². The number of fused-ring (bicyclic) bond motifs is 13. The summed E-state index contributed by atoms with van der Waals surface area (Å²) in [7, 11) is 0. The van der Waals surface area contributed by atoms with Gasteiger partial charge in [0, 0.05) is 10.8 Å². The molecular formula is C60H30N2. The first-order valence-electron chi connectivity index (χ1n) is 21.1. The minimum atomic E-state index is 0.673. The maximum Gasteiger partial charge on any atom is 0.0998 e. The van der Waals surface area contributed by atoms with Gasteiger partial charge in [-0.1, -0.05) is 146 Å². The van der Waals surface area contributed by atoms with E-state index in [-0.39, 0.29) is 0 Å². The molecule has 0 aliphatic heterocycles. The number of hydrogen-bond acceptors (Lipinski definition) is 2. The minimum absolute atomic E-state index is 0.673. The third-order valence-electron chi connectivity index (χ3n) is 14.0. The normalized spacial score (nSPS) is 12.2. The summed E-state index contributed by atoms with van der Waals surface area (Å²) in [5.74, 6) is 0. The van der Waals surface area contributed by atoms with Crippen LogP contribution in [0.1, 0.15) is 11.1 Å². The molecule has 0 heterocycles. The van der Waals surface area contributed by atoms with Crippen molar-refractivity contribution >= 4 is 75.4 Å². The van der Waals surface area contributed by atoms with Crippen LogP contribution in [0.25, 0.3) is 142 Å². The average molecular weight is 779 g/mol. The van der Waals surface area contributed by atoms with E-state index in [2.05, 4.69) is 170 Å². The molecule has 14 rings (SSSR count). The molecule has 2 nitrogen and oxygen atoms in total. The highest BCUT2D eigenvalue weighted by molar-refractivity contribution is 6.31. The lowest BCUT2D eigenvalue weighted by Crippen LogP contribution is -1.94. The second kappa shape index (κ2) is 12.0. The van der Waals surface area contributed by atoms with Crippen LogP contribution in [0.5, 0.6) is 0 Å². The molecule has 0 saturated carbocycles. The Balaban J connectivity index is 1.19. The van der Waals surface area contributed by atoms with Crippen molar-refractivity contribution < 1.29 is 0 Å². The Morgan fingerprint density at radius 1 is 0.242 bits per heavy atom. The van der Waals surface area contributed by atoms with E-state index in [1.165, 1.54) is 104 Å². The fourth-order valence-electron chi connectivity index (χ4n) is 11.4. The van der Waals surface area contributed by atoms with E-state index in [9.17, 15) is 10.5 Å². The fraction of sp³-hybridized carbons (Fsp3) is 0. The zero-order valence-corrected chi connectivity index (χ0v) is 33.2. The Kier molecular flexibility index (Phi) is 6.45. The lowest BCUT2D eigenvalue weighted by Gasteiger charge is -2.20. The second-order valence-electron chi connectivity index (χ2n) is 16.9. The molecule has 0 aromatic heterocycles. The van der Waals surface area contributed by atoms with E-state index < -0.39 is 0 Å². The molecule has 2 aliphatic rings.